The van der Waals surface area contributed by atoms with Crippen LogP contribution in [0.15, 0.2) is 53.4 Å². The van der Waals surface area contributed by atoms with E-state index in [0.29, 0.717) is 0 Å². The number of carbonyl (C=O) groups excluding carboxylic acids is 1. The first-order chi connectivity index (χ1) is 11.2. The summed E-state index contributed by atoms with van der Waals surface area (Å²) in [7, 11) is -0.862. The Morgan fingerprint density at radius 3 is 2.21 bits per heavy atom. The van der Waals surface area contributed by atoms with Gasteiger partial charge in [-0.25, -0.2) is 8.42 Å². The molecule has 0 unspecified atom stereocenters. The molecule has 0 heterocycles. The van der Waals surface area contributed by atoms with Crippen LogP contribution in [0.5, 0.6) is 0 Å². The van der Waals surface area contributed by atoms with E-state index in [2.05, 4.69) is 4.72 Å². The van der Waals surface area contributed by atoms with Crippen LogP contribution in [0.2, 0.25) is 0 Å². The first-order valence-corrected chi connectivity index (χ1v) is 8.28. The highest BCUT2D eigenvalue weighted by molar-refractivity contribution is 7.92. The Labute approximate surface area is 138 Å². The van der Waals surface area contributed by atoms with E-state index in [1.807, 2.05) is 0 Å². The summed E-state index contributed by atoms with van der Waals surface area (Å²) in [4.78, 5) is 23.3. The molecule has 0 aliphatic heterocycles. The minimum Gasteiger partial charge on any atom is -0.345 e. The maximum atomic E-state index is 12.4. The SMILES string of the molecule is CN(C)C(=O)c1ccccc1NS(=O)(=O)c1ccc([N+](=O)[O-])cc1. The number of anilines is 1. The number of nitrogens with zero attached hydrogens (tertiary/aromatic N) is 2. The normalized spacial score (nSPS) is 10.9. The summed E-state index contributed by atoms with van der Waals surface area (Å²) in [6.45, 7) is 0. The predicted molar refractivity (Wildman–Crippen MR) is 88.4 cm³/mol. The van der Waals surface area contributed by atoms with Gasteiger partial charge in [0.1, 0.15) is 0 Å². The monoisotopic (exact) mass is 349 g/mol. The van der Waals surface area contributed by atoms with E-state index in [1.165, 1.54) is 17.0 Å². The van der Waals surface area contributed by atoms with Crippen LogP contribution in [0.4, 0.5) is 11.4 Å². The van der Waals surface area contributed by atoms with Crippen LogP contribution in [0.1, 0.15) is 10.4 Å². The maximum absolute atomic E-state index is 12.4. The topological polar surface area (TPSA) is 110 Å². The second-order valence-corrected chi connectivity index (χ2v) is 6.78. The molecule has 0 spiro atoms. The predicted octanol–water partition coefficient (Wildman–Crippen LogP) is 2.10. The van der Waals surface area contributed by atoms with Crippen molar-refractivity contribution >= 4 is 27.3 Å². The number of amides is 1. The van der Waals surface area contributed by atoms with Gasteiger partial charge in [-0.1, -0.05) is 12.1 Å². The number of benzene rings is 2. The number of nitro groups is 1. The van der Waals surface area contributed by atoms with Crippen LogP contribution in [0.3, 0.4) is 0 Å². The molecule has 8 nitrogen and oxygen atoms in total. The van der Waals surface area contributed by atoms with Crippen LogP contribution < -0.4 is 4.72 Å². The van der Waals surface area contributed by atoms with Gasteiger partial charge in [-0.15, -0.1) is 0 Å². The minimum atomic E-state index is -3.98. The molecule has 1 N–H and O–H groups in total. The summed E-state index contributed by atoms with van der Waals surface area (Å²) >= 11 is 0. The number of para-hydroxylation sites is 1. The first kappa shape index (κ1) is 17.4. The fraction of sp³-hybridized carbons (Fsp3) is 0.133. The number of nitro benzene ring substituents is 1. The van der Waals surface area contributed by atoms with Gasteiger partial charge in [0.2, 0.25) is 0 Å². The van der Waals surface area contributed by atoms with Crippen LogP contribution in [0, 0.1) is 10.1 Å². The third-order valence-corrected chi connectivity index (χ3v) is 4.55. The molecule has 24 heavy (non-hydrogen) atoms. The Balaban J connectivity index is 2.36. The number of rotatable bonds is 5. The number of hydrogen-bond acceptors (Lipinski definition) is 5. The van der Waals surface area contributed by atoms with Crippen molar-refractivity contribution in [1.29, 1.82) is 0 Å². The van der Waals surface area contributed by atoms with E-state index in [9.17, 15) is 23.3 Å². The molecule has 0 fully saturated rings. The van der Waals surface area contributed by atoms with Gasteiger partial charge in [0.15, 0.2) is 0 Å². The van der Waals surface area contributed by atoms with Crippen LogP contribution in [-0.2, 0) is 10.0 Å². The molecule has 0 bridgehead atoms. The summed E-state index contributed by atoms with van der Waals surface area (Å²) in [6, 6.07) is 10.7. The number of carbonyl (C=O) groups is 1. The van der Waals surface area contributed by atoms with Crippen molar-refractivity contribution in [2.24, 2.45) is 0 Å². The summed E-state index contributed by atoms with van der Waals surface area (Å²) in [6.07, 6.45) is 0. The third-order valence-electron chi connectivity index (χ3n) is 3.17. The molecule has 126 valence electrons. The van der Waals surface area contributed by atoms with Crippen LogP contribution in [0.25, 0.3) is 0 Å². The van der Waals surface area contributed by atoms with Crippen molar-refractivity contribution in [3.63, 3.8) is 0 Å². The summed E-state index contributed by atoms with van der Waals surface area (Å²) < 4.78 is 27.2. The van der Waals surface area contributed by atoms with Gasteiger partial charge in [-0.05, 0) is 24.3 Å². The van der Waals surface area contributed by atoms with Gasteiger partial charge < -0.3 is 4.90 Å². The molecular formula is C15H15N3O5S. The maximum Gasteiger partial charge on any atom is 0.269 e. The first-order valence-electron chi connectivity index (χ1n) is 6.80. The Hall–Kier alpha value is -2.94. The number of sulfonamides is 1. The van der Waals surface area contributed by atoms with Gasteiger partial charge in [0, 0.05) is 26.2 Å². The lowest BCUT2D eigenvalue weighted by Gasteiger charge is -2.15. The van der Waals surface area contributed by atoms with Gasteiger partial charge in [-0.2, -0.15) is 0 Å². The van der Waals surface area contributed by atoms with Gasteiger partial charge >= 0.3 is 0 Å². The molecule has 2 aromatic carbocycles. The zero-order chi connectivity index (χ0) is 17.9. The molecule has 0 saturated carbocycles. The highest BCUT2D eigenvalue weighted by Gasteiger charge is 2.20. The zero-order valence-electron chi connectivity index (χ0n) is 13.0. The molecule has 2 rings (SSSR count). The lowest BCUT2D eigenvalue weighted by molar-refractivity contribution is -0.384. The largest absolute Gasteiger partial charge is 0.345 e. The molecule has 0 aliphatic rings. The van der Waals surface area contributed by atoms with Crippen LogP contribution in [-0.4, -0.2) is 38.2 Å². The highest BCUT2D eigenvalue weighted by Crippen LogP contribution is 2.22. The van der Waals surface area contributed by atoms with E-state index < -0.39 is 14.9 Å². The molecule has 1 amide bonds. The lowest BCUT2D eigenvalue weighted by atomic mass is 10.1. The van der Waals surface area contributed by atoms with Crippen LogP contribution >= 0.6 is 0 Å². The third kappa shape index (κ3) is 3.69. The lowest BCUT2D eigenvalue weighted by Crippen LogP contribution is -2.24. The van der Waals surface area contributed by atoms with E-state index in [4.69, 9.17) is 0 Å². The smallest absolute Gasteiger partial charge is 0.269 e. The molecule has 9 heteroatoms. The van der Waals surface area contributed by atoms with E-state index >= 15 is 0 Å². The highest BCUT2D eigenvalue weighted by atomic mass is 32.2. The quantitative estimate of drug-likeness (QED) is 0.656. The molecule has 0 saturated heterocycles. The fourth-order valence-corrected chi connectivity index (χ4v) is 3.03. The fourth-order valence-electron chi connectivity index (χ4n) is 1.95. The summed E-state index contributed by atoms with van der Waals surface area (Å²) in [5, 5.41) is 10.6. The van der Waals surface area contributed by atoms with Crippen molar-refractivity contribution in [2.45, 2.75) is 4.90 Å². The Morgan fingerprint density at radius 1 is 1.08 bits per heavy atom. The van der Waals surface area contributed by atoms with Crippen molar-refractivity contribution in [1.82, 2.24) is 4.90 Å². The molecule has 0 aliphatic carbocycles. The van der Waals surface area contributed by atoms with Gasteiger partial charge in [0.05, 0.1) is 21.1 Å². The van der Waals surface area contributed by atoms with E-state index in [1.54, 1.807) is 26.2 Å². The van der Waals surface area contributed by atoms with E-state index in [-0.39, 0.29) is 27.7 Å². The Morgan fingerprint density at radius 2 is 1.67 bits per heavy atom. The van der Waals surface area contributed by atoms with Gasteiger partial charge in [0.25, 0.3) is 21.6 Å². The standard InChI is InChI=1S/C15H15N3O5S/c1-17(2)15(19)13-5-3-4-6-14(13)16-24(22,23)12-9-7-11(8-10-12)18(20)21/h3-10,16H,1-2H3. The molecular weight excluding hydrogens is 334 g/mol. The Kier molecular flexibility index (Phi) is 4.84. The second-order valence-electron chi connectivity index (χ2n) is 5.10. The second kappa shape index (κ2) is 6.67. The molecule has 0 atom stereocenters. The molecule has 0 aromatic heterocycles. The number of nitrogens with one attached hydrogen (secondary N) is 1. The van der Waals surface area contributed by atoms with E-state index in [0.717, 1.165) is 24.3 Å². The Bertz CT molecular complexity index is 876. The van der Waals surface area contributed by atoms with Crippen molar-refractivity contribution in [2.75, 3.05) is 18.8 Å². The number of hydrogen-bond donors (Lipinski definition) is 1. The van der Waals surface area contributed by atoms with Crippen molar-refractivity contribution < 1.29 is 18.1 Å². The molecule has 2 aromatic rings. The van der Waals surface area contributed by atoms with Crippen molar-refractivity contribution in [3.8, 4) is 0 Å². The van der Waals surface area contributed by atoms with Gasteiger partial charge in [-0.3, -0.25) is 19.6 Å². The average Bonchev–Trinajstić information content (AvgIpc) is 2.54. The summed E-state index contributed by atoms with van der Waals surface area (Å²) in [5.41, 5.74) is 0.125. The minimum absolute atomic E-state index is 0.134. The molecule has 0 radical (unpaired) electrons. The number of non-ortho nitro benzene ring substituents is 1. The average molecular weight is 349 g/mol. The summed E-state index contributed by atoms with van der Waals surface area (Å²) in [5.74, 6) is -0.350. The zero-order valence-corrected chi connectivity index (χ0v) is 13.8. The van der Waals surface area contributed by atoms with Crippen molar-refractivity contribution in [3.05, 3.63) is 64.2 Å².